The third-order valence-corrected chi connectivity index (χ3v) is 8.92. The maximum absolute atomic E-state index is 13.1. The molecule has 0 saturated carbocycles. The number of hydrogen-bond donors (Lipinski definition) is 0. The molecule has 0 aliphatic carbocycles. The Balaban J connectivity index is 1.70. The molecule has 4 rings (SSSR count). The lowest BCUT2D eigenvalue weighted by Crippen LogP contribution is -2.38. The van der Waals surface area contributed by atoms with Crippen molar-refractivity contribution in [1.82, 2.24) is 0 Å². The molecule has 0 bridgehead atoms. The number of halogens is 2. The number of amidine groups is 1. The topological polar surface area (TPSA) is 66.8 Å². The molecule has 0 aromatic heterocycles. The summed E-state index contributed by atoms with van der Waals surface area (Å²) in [5, 5.41) is 0.371. The molecular formula is C21H20BrFN2O3S2. The molecule has 2 aliphatic rings. The van der Waals surface area contributed by atoms with Crippen molar-refractivity contribution < 1.29 is 17.6 Å². The minimum atomic E-state index is -3.13. The van der Waals surface area contributed by atoms with Crippen LogP contribution < -0.4 is 4.90 Å². The molecule has 2 aromatic rings. The molecule has 0 spiro atoms. The first-order valence-corrected chi connectivity index (χ1v) is 12.9. The van der Waals surface area contributed by atoms with E-state index in [4.69, 9.17) is 0 Å². The van der Waals surface area contributed by atoms with Crippen LogP contribution in [-0.4, -0.2) is 42.3 Å². The van der Waals surface area contributed by atoms with Crippen LogP contribution in [0.25, 0.3) is 0 Å². The molecule has 0 radical (unpaired) electrons. The highest BCUT2D eigenvalue weighted by Crippen LogP contribution is 2.43. The lowest BCUT2D eigenvalue weighted by atomic mass is 10.1. The van der Waals surface area contributed by atoms with Crippen LogP contribution in [0.3, 0.4) is 0 Å². The van der Waals surface area contributed by atoms with Crippen molar-refractivity contribution in [3.63, 3.8) is 0 Å². The molecule has 158 valence electrons. The van der Waals surface area contributed by atoms with E-state index in [2.05, 4.69) is 20.9 Å². The lowest BCUT2D eigenvalue weighted by Gasteiger charge is -2.28. The molecule has 0 unspecified atom stereocenters. The largest absolute Gasteiger partial charge is 0.315 e. The van der Waals surface area contributed by atoms with Gasteiger partial charge in [-0.05, 0) is 54.8 Å². The number of benzene rings is 2. The van der Waals surface area contributed by atoms with Gasteiger partial charge in [0.25, 0.3) is 5.91 Å². The number of amides is 1. The van der Waals surface area contributed by atoms with E-state index in [1.165, 1.54) is 23.9 Å². The number of thioether (sulfide) groups is 1. The first-order valence-electron chi connectivity index (χ1n) is 9.42. The number of carbonyl (C=O) groups excluding carboxylic acids is 1. The fourth-order valence-electron chi connectivity index (χ4n) is 4.03. The smallest absolute Gasteiger partial charge is 0.252 e. The quantitative estimate of drug-likeness (QED) is 0.622. The van der Waals surface area contributed by atoms with E-state index in [1.807, 2.05) is 30.9 Å². The van der Waals surface area contributed by atoms with Crippen LogP contribution in [0, 0.1) is 19.7 Å². The Morgan fingerprint density at radius 1 is 1.20 bits per heavy atom. The van der Waals surface area contributed by atoms with Gasteiger partial charge in [-0.25, -0.2) is 12.8 Å². The summed E-state index contributed by atoms with van der Waals surface area (Å²) in [5.41, 5.74) is 3.53. The van der Waals surface area contributed by atoms with Crippen molar-refractivity contribution in [2.45, 2.75) is 31.6 Å². The highest BCUT2D eigenvalue weighted by Gasteiger charge is 2.50. The summed E-state index contributed by atoms with van der Waals surface area (Å²) in [6.07, 6.45) is 0.0596. The number of sulfone groups is 1. The molecule has 2 fully saturated rings. The van der Waals surface area contributed by atoms with Crippen molar-refractivity contribution in [3.05, 3.63) is 63.4 Å². The summed E-state index contributed by atoms with van der Waals surface area (Å²) >= 11 is 4.85. The van der Waals surface area contributed by atoms with Gasteiger partial charge in [0.15, 0.2) is 15.0 Å². The molecule has 0 N–H and O–H groups in total. The maximum atomic E-state index is 13.1. The van der Waals surface area contributed by atoms with Gasteiger partial charge >= 0.3 is 0 Å². The predicted octanol–water partition coefficient (Wildman–Crippen LogP) is 4.05. The minimum absolute atomic E-state index is 0.0464. The van der Waals surface area contributed by atoms with E-state index in [0.717, 1.165) is 21.3 Å². The molecule has 2 aromatic carbocycles. The number of rotatable bonds is 3. The van der Waals surface area contributed by atoms with E-state index in [1.54, 1.807) is 12.1 Å². The second-order valence-electron chi connectivity index (χ2n) is 7.65. The van der Waals surface area contributed by atoms with Gasteiger partial charge in [-0.2, -0.15) is 4.99 Å². The maximum Gasteiger partial charge on any atom is 0.252 e. The Labute approximate surface area is 187 Å². The van der Waals surface area contributed by atoms with E-state index < -0.39 is 9.84 Å². The SMILES string of the molecule is Cc1cc(Br)cc(C)c1N1C(=NC(=O)Cc2ccc(F)cc2)S[C@H]2CS(=O)(=O)C[C@H]21. The van der Waals surface area contributed by atoms with Crippen LogP contribution in [0.4, 0.5) is 10.1 Å². The number of fused-ring (bicyclic) bond motifs is 1. The second-order valence-corrected chi connectivity index (χ2v) is 11.9. The number of nitrogens with zero attached hydrogens (tertiary/aromatic N) is 2. The minimum Gasteiger partial charge on any atom is -0.315 e. The second kappa shape index (κ2) is 8.09. The molecule has 30 heavy (non-hydrogen) atoms. The van der Waals surface area contributed by atoms with Gasteiger partial charge in [-0.3, -0.25) is 4.79 Å². The molecule has 2 saturated heterocycles. The summed E-state index contributed by atoms with van der Waals surface area (Å²) in [6.45, 7) is 3.93. The van der Waals surface area contributed by atoms with Gasteiger partial charge in [-0.15, -0.1) is 0 Å². The van der Waals surface area contributed by atoms with Crippen molar-refractivity contribution in [2.24, 2.45) is 4.99 Å². The Bertz CT molecular complexity index is 1130. The Morgan fingerprint density at radius 3 is 2.47 bits per heavy atom. The molecule has 9 heteroatoms. The first kappa shape index (κ1) is 21.5. The zero-order valence-corrected chi connectivity index (χ0v) is 19.7. The average Bonchev–Trinajstić information content (AvgIpc) is 3.08. The molecule has 2 aliphatic heterocycles. The number of aliphatic imine (C=N–C) groups is 1. The number of aryl methyl sites for hydroxylation is 2. The van der Waals surface area contributed by atoms with Gasteiger partial charge in [0.1, 0.15) is 5.82 Å². The van der Waals surface area contributed by atoms with Crippen molar-refractivity contribution >= 4 is 54.3 Å². The summed E-state index contributed by atoms with van der Waals surface area (Å²) < 4.78 is 38.6. The average molecular weight is 511 g/mol. The molecule has 2 heterocycles. The Kier molecular flexibility index (Phi) is 5.80. The van der Waals surface area contributed by atoms with Gasteiger partial charge in [0, 0.05) is 15.4 Å². The molecule has 1 amide bonds. The lowest BCUT2D eigenvalue weighted by molar-refractivity contribution is -0.117. The van der Waals surface area contributed by atoms with Gasteiger partial charge in [0.05, 0.1) is 24.0 Å². The van der Waals surface area contributed by atoms with E-state index in [-0.39, 0.29) is 40.9 Å². The normalized spacial score (nSPS) is 23.7. The number of hydrogen-bond acceptors (Lipinski definition) is 4. The Hall–Kier alpha value is -1.71. The predicted molar refractivity (Wildman–Crippen MR) is 122 cm³/mol. The first-order chi connectivity index (χ1) is 14.1. The van der Waals surface area contributed by atoms with Crippen molar-refractivity contribution in [1.29, 1.82) is 0 Å². The highest BCUT2D eigenvalue weighted by atomic mass is 79.9. The van der Waals surface area contributed by atoms with E-state index >= 15 is 0 Å². The number of carbonyl (C=O) groups is 1. The molecule has 2 atom stereocenters. The standard InChI is InChI=1S/C21H20BrFN2O3S2/c1-12-7-15(22)8-13(2)20(12)25-17-10-30(27,28)11-18(17)29-21(25)24-19(26)9-14-3-5-16(23)6-4-14/h3-8,17-18H,9-11H2,1-2H3/t17-,18+/m1/s1. The third kappa shape index (κ3) is 4.33. The summed E-state index contributed by atoms with van der Waals surface area (Å²) in [5.74, 6) is -0.571. The van der Waals surface area contributed by atoms with Crippen LogP contribution in [0.1, 0.15) is 16.7 Å². The van der Waals surface area contributed by atoms with Crippen molar-refractivity contribution in [3.8, 4) is 0 Å². The van der Waals surface area contributed by atoms with Crippen LogP contribution in [0.5, 0.6) is 0 Å². The fourth-order valence-corrected chi connectivity index (χ4v) is 8.64. The van der Waals surface area contributed by atoms with Gasteiger partial charge in [-0.1, -0.05) is 39.8 Å². The summed E-state index contributed by atoms with van der Waals surface area (Å²) in [6, 6.07) is 9.46. The van der Waals surface area contributed by atoms with Gasteiger partial charge < -0.3 is 4.90 Å². The van der Waals surface area contributed by atoms with E-state index in [9.17, 15) is 17.6 Å². The third-order valence-electron chi connectivity index (χ3n) is 5.25. The number of anilines is 1. The zero-order valence-electron chi connectivity index (χ0n) is 16.4. The van der Waals surface area contributed by atoms with Crippen LogP contribution >= 0.6 is 27.7 Å². The molecular weight excluding hydrogens is 491 g/mol. The van der Waals surface area contributed by atoms with Crippen molar-refractivity contribution in [2.75, 3.05) is 16.4 Å². The fraction of sp³-hybridized carbons (Fsp3) is 0.333. The Morgan fingerprint density at radius 2 is 1.83 bits per heavy atom. The van der Waals surface area contributed by atoms with Crippen LogP contribution in [-0.2, 0) is 21.1 Å². The summed E-state index contributed by atoms with van der Waals surface area (Å²) in [7, 11) is -3.13. The monoisotopic (exact) mass is 510 g/mol. The zero-order chi connectivity index (χ0) is 21.6. The molecule has 5 nitrogen and oxygen atoms in total. The summed E-state index contributed by atoms with van der Waals surface area (Å²) in [4.78, 5) is 18.9. The van der Waals surface area contributed by atoms with Crippen LogP contribution in [0.15, 0.2) is 45.9 Å². The highest BCUT2D eigenvalue weighted by molar-refractivity contribution is 9.10. The van der Waals surface area contributed by atoms with E-state index in [0.29, 0.717) is 10.7 Å². The van der Waals surface area contributed by atoms with Gasteiger partial charge in [0.2, 0.25) is 0 Å². The van der Waals surface area contributed by atoms with Crippen LogP contribution in [0.2, 0.25) is 0 Å².